The van der Waals surface area contributed by atoms with E-state index in [1.807, 2.05) is 24.7 Å². The molecule has 0 atom stereocenters. The van der Waals surface area contributed by atoms with Crippen LogP contribution in [0.5, 0.6) is 0 Å². The van der Waals surface area contributed by atoms with Crippen LogP contribution in [0.15, 0.2) is 12.4 Å². The van der Waals surface area contributed by atoms with Gasteiger partial charge in [-0.1, -0.05) is 0 Å². The molecule has 0 bridgehead atoms. The van der Waals surface area contributed by atoms with Crippen LogP contribution in [0.3, 0.4) is 0 Å². The lowest BCUT2D eigenvalue weighted by Crippen LogP contribution is -2.32. The van der Waals surface area contributed by atoms with Crippen molar-refractivity contribution in [2.24, 2.45) is 7.05 Å². The van der Waals surface area contributed by atoms with Crippen molar-refractivity contribution < 1.29 is 9.67 Å². The Bertz CT molecular complexity index is 235. The highest BCUT2D eigenvalue weighted by molar-refractivity contribution is 4.91. The van der Waals surface area contributed by atoms with Crippen LogP contribution in [-0.4, -0.2) is 10.1 Å². The van der Waals surface area contributed by atoms with Gasteiger partial charge in [-0.25, -0.2) is 9.55 Å². The van der Waals surface area contributed by atoms with E-state index in [-0.39, 0.29) is 6.61 Å². The van der Waals surface area contributed by atoms with E-state index in [0.29, 0.717) is 5.69 Å². The Balaban J connectivity index is 3.04. The number of aliphatic hydroxyl groups is 1. The Labute approximate surface area is 60.0 Å². The highest BCUT2D eigenvalue weighted by atomic mass is 16.3. The third kappa shape index (κ3) is 1.30. The molecule has 1 aromatic heterocycles. The minimum atomic E-state index is 0.00806. The van der Waals surface area contributed by atoms with Gasteiger partial charge in [-0.05, 0) is 0 Å². The molecule has 3 nitrogen and oxygen atoms in total. The zero-order valence-corrected chi connectivity index (χ0v) is 6.20. The van der Waals surface area contributed by atoms with Crippen molar-refractivity contribution in [3.8, 4) is 0 Å². The molecule has 1 heterocycles. The lowest BCUT2D eigenvalue weighted by molar-refractivity contribution is -0.678. The number of hydrogen-bond donors (Lipinski definition) is 1. The molecule has 0 amide bonds. The van der Waals surface area contributed by atoms with E-state index in [2.05, 4.69) is 4.98 Å². The Morgan fingerprint density at radius 1 is 1.70 bits per heavy atom. The quantitative estimate of drug-likeness (QED) is 0.543. The summed E-state index contributed by atoms with van der Waals surface area (Å²) in [5.41, 5.74) is 1.78. The molecule has 3 heteroatoms. The number of rotatable bonds is 1. The number of hydrogen-bond acceptors (Lipinski definition) is 2. The Morgan fingerprint density at radius 2 is 2.40 bits per heavy atom. The Morgan fingerprint density at radius 3 is 2.90 bits per heavy atom. The molecule has 54 valence electrons. The third-order valence-electron chi connectivity index (χ3n) is 1.48. The molecule has 0 aromatic carbocycles. The van der Waals surface area contributed by atoms with E-state index in [0.717, 1.165) is 5.69 Å². The Hall–Kier alpha value is -0.960. The molecule has 0 aliphatic carbocycles. The van der Waals surface area contributed by atoms with Gasteiger partial charge in [0.05, 0.1) is 12.8 Å². The number of nitrogens with zero attached hydrogens (tertiary/aromatic N) is 2. The zero-order valence-electron chi connectivity index (χ0n) is 6.20. The van der Waals surface area contributed by atoms with Gasteiger partial charge in [-0.2, -0.15) is 0 Å². The summed E-state index contributed by atoms with van der Waals surface area (Å²) >= 11 is 0. The zero-order chi connectivity index (χ0) is 7.56. The second kappa shape index (κ2) is 2.75. The van der Waals surface area contributed by atoms with E-state index < -0.39 is 0 Å². The average Bonchev–Trinajstić information content (AvgIpc) is 1.95. The molecule has 0 aliphatic heterocycles. The van der Waals surface area contributed by atoms with E-state index in [9.17, 15) is 0 Å². The minimum absolute atomic E-state index is 0.00806. The lowest BCUT2D eigenvalue weighted by Gasteiger charge is -1.94. The first-order chi connectivity index (χ1) is 4.74. The van der Waals surface area contributed by atoms with Crippen LogP contribution in [0.4, 0.5) is 0 Å². The molecule has 0 aliphatic rings. The molecule has 0 unspecified atom stereocenters. The van der Waals surface area contributed by atoms with Gasteiger partial charge in [-0.3, -0.25) is 0 Å². The molecule has 0 spiro atoms. The second-order valence-corrected chi connectivity index (χ2v) is 2.29. The van der Waals surface area contributed by atoms with Gasteiger partial charge in [0.2, 0.25) is 0 Å². The predicted octanol–water partition coefficient (Wildman–Crippen LogP) is -0.293. The predicted molar refractivity (Wildman–Crippen MR) is 36.1 cm³/mol. The van der Waals surface area contributed by atoms with E-state index >= 15 is 0 Å². The average molecular weight is 139 g/mol. The molecule has 1 aromatic rings. The maximum atomic E-state index is 8.68. The first-order valence-electron chi connectivity index (χ1n) is 3.16. The summed E-state index contributed by atoms with van der Waals surface area (Å²) in [6.45, 7) is 1.97. The lowest BCUT2D eigenvalue weighted by atomic mass is 10.4. The van der Waals surface area contributed by atoms with Crippen molar-refractivity contribution in [2.45, 2.75) is 13.5 Å². The van der Waals surface area contributed by atoms with Gasteiger partial charge in [0.1, 0.15) is 12.7 Å². The van der Waals surface area contributed by atoms with Crippen molar-refractivity contribution in [3.63, 3.8) is 0 Å². The van der Waals surface area contributed by atoms with Crippen LogP contribution in [0.25, 0.3) is 0 Å². The number of aryl methyl sites for hydroxylation is 2. The van der Waals surface area contributed by atoms with Gasteiger partial charge in [0.15, 0.2) is 11.9 Å². The fourth-order valence-corrected chi connectivity index (χ4v) is 0.708. The first kappa shape index (κ1) is 7.15. The van der Waals surface area contributed by atoms with Crippen LogP contribution in [0, 0.1) is 6.92 Å². The minimum Gasteiger partial charge on any atom is -0.390 e. The fourth-order valence-electron chi connectivity index (χ4n) is 0.708. The van der Waals surface area contributed by atoms with Gasteiger partial charge >= 0.3 is 0 Å². The molecule has 0 radical (unpaired) electrons. The van der Waals surface area contributed by atoms with Crippen molar-refractivity contribution in [2.75, 3.05) is 0 Å². The van der Waals surface area contributed by atoms with E-state index in [1.165, 1.54) is 0 Å². The largest absolute Gasteiger partial charge is 0.390 e. The normalized spacial score (nSPS) is 9.90. The van der Waals surface area contributed by atoms with Crippen LogP contribution >= 0.6 is 0 Å². The highest BCUT2D eigenvalue weighted by Crippen LogP contribution is 1.89. The van der Waals surface area contributed by atoms with Crippen molar-refractivity contribution >= 4 is 0 Å². The van der Waals surface area contributed by atoms with E-state index in [4.69, 9.17) is 5.11 Å². The highest BCUT2D eigenvalue weighted by Gasteiger charge is 2.01. The third-order valence-corrected chi connectivity index (χ3v) is 1.48. The van der Waals surface area contributed by atoms with Gasteiger partial charge in [0, 0.05) is 6.92 Å². The van der Waals surface area contributed by atoms with Gasteiger partial charge in [-0.15, -0.1) is 0 Å². The molecule has 0 saturated heterocycles. The molecule has 1 N–H and O–H groups in total. The molecule has 1 rings (SSSR count). The summed E-state index contributed by atoms with van der Waals surface area (Å²) in [4.78, 5) is 3.99. The fraction of sp³-hybridized carbons (Fsp3) is 0.429. The molecule has 10 heavy (non-hydrogen) atoms. The van der Waals surface area contributed by atoms with Crippen LogP contribution < -0.4 is 4.57 Å². The smallest absolute Gasteiger partial charge is 0.196 e. The summed E-state index contributed by atoms with van der Waals surface area (Å²) in [5, 5.41) is 8.68. The monoisotopic (exact) mass is 139 g/mol. The van der Waals surface area contributed by atoms with Gasteiger partial charge < -0.3 is 5.11 Å². The number of aromatic nitrogens is 2. The first-order valence-corrected chi connectivity index (χ1v) is 3.16. The van der Waals surface area contributed by atoms with Crippen molar-refractivity contribution in [1.82, 2.24) is 4.98 Å². The van der Waals surface area contributed by atoms with Crippen LogP contribution in [0.1, 0.15) is 11.4 Å². The summed E-state index contributed by atoms with van der Waals surface area (Å²) in [6.07, 6.45) is 3.56. The van der Waals surface area contributed by atoms with Crippen LogP contribution in [-0.2, 0) is 13.7 Å². The Kier molecular flexibility index (Phi) is 1.97. The molecular formula is C7H11N2O+. The molecular weight excluding hydrogens is 128 g/mol. The maximum Gasteiger partial charge on any atom is 0.196 e. The molecule has 0 saturated carbocycles. The molecule has 0 fully saturated rings. The second-order valence-electron chi connectivity index (χ2n) is 2.29. The van der Waals surface area contributed by atoms with E-state index in [1.54, 1.807) is 6.20 Å². The van der Waals surface area contributed by atoms with Crippen molar-refractivity contribution in [1.29, 1.82) is 0 Å². The maximum absolute atomic E-state index is 8.68. The summed E-state index contributed by atoms with van der Waals surface area (Å²) in [7, 11) is 1.93. The summed E-state index contributed by atoms with van der Waals surface area (Å²) < 4.78 is 1.93. The summed E-state index contributed by atoms with van der Waals surface area (Å²) in [5.74, 6) is 0. The standard InChI is InChI=1S/C7H11N2O/c1-6-3-8-7(5-10)4-9(6)2/h3-4,10H,5H2,1-2H3/q+1. The van der Waals surface area contributed by atoms with Crippen LogP contribution in [0.2, 0.25) is 0 Å². The van der Waals surface area contributed by atoms with Gasteiger partial charge in [0.25, 0.3) is 0 Å². The number of aliphatic hydroxyl groups excluding tert-OH is 1. The van der Waals surface area contributed by atoms with Crippen molar-refractivity contribution in [3.05, 3.63) is 23.8 Å². The topological polar surface area (TPSA) is 37.0 Å². The summed E-state index contributed by atoms with van der Waals surface area (Å²) in [6, 6.07) is 0. The SMILES string of the molecule is Cc1cnc(CO)c[n+]1C.